The van der Waals surface area contributed by atoms with Crippen molar-refractivity contribution in [2.24, 2.45) is 5.41 Å². The second-order valence-corrected chi connectivity index (χ2v) is 6.06. The van der Waals surface area contributed by atoms with Gasteiger partial charge >= 0.3 is 0 Å². The average molecular weight is 265 g/mol. The third kappa shape index (κ3) is 4.75. The molecule has 0 spiro atoms. The Labute approximate surface area is 117 Å². The van der Waals surface area contributed by atoms with Crippen LogP contribution in [0, 0.1) is 5.41 Å². The van der Waals surface area contributed by atoms with Crippen molar-refractivity contribution in [3.05, 3.63) is 23.8 Å². The van der Waals surface area contributed by atoms with E-state index in [1.807, 2.05) is 13.1 Å². The van der Waals surface area contributed by atoms with Crippen LogP contribution in [0.15, 0.2) is 18.2 Å². The molecule has 1 aromatic rings. The molecule has 0 aliphatic rings. The molecule has 0 aromatic heterocycles. The molecular weight excluding hydrogens is 238 g/mol. The van der Waals surface area contributed by atoms with E-state index in [2.05, 4.69) is 38.2 Å². The molecule has 0 heterocycles. The van der Waals surface area contributed by atoms with Gasteiger partial charge in [0.05, 0.1) is 14.2 Å². The van der Waals surface area contributed by atoms with Crippen LogP contribution in [0.2, 0.25) is 0 Å². The van der Waals surface area contributed by atoms with Crippen LogP contribution in [0.3, 0.4) is 0 Å². The Balaban J connectivity index is 2.86. The summed E-state index contributed by atoms with van der Waals surface area (Å²) in [4.78, 5) is 0. The van der Waals surface area contributed by atoms with Crippen molar-refractivity contribution in [2.45, 2.75) is 39.7 Å². The van der Waals surface area contributed by atoms with Crippen molar-refractivity contribution in [1.82, 2.24) is 5.32 Å². The molecule has 108 valence electrons. The molecule has 19 heavy (non-hydrogen) atoms. The van der Waals surface area contributed by atoms with E-state index in [1.165, 1.54) is 12.0 Å². The van der Waals surface area contributed by atoms with Gasteiger partial charge in [-0.3, -0.25) is 0 Å². The minimum Gasteiger partial charge on any atom is -0.493 e. The number of benzene rings is 1. The molecule has 3 heteroatoms. The summed E-state index contributed by atoms with van der Waals surface area (Å²) in [6.07, 6.45) is 2.28. The van der Waals surface area contributed by atoms with Crippen molar-refractivity contribution in [3.63, 3.8) is 0 Å². The van der Waals surface area contributed by atoms with Gasteiger partial charge in [0.1, 0.15) is 0 Å². The third-order valence-electron chi connectivity index (χ3n) is 3.34. The minimum absolute atomic E-state index is 0.346. The lowest BCUT2D eigenvalue weighted by atomic mass is 9.87. The van der Waals surface area contributed by atoms with Crippen LogP contribution in [0.4, 0.5) is 0 Å². The first-order chi connectivity index (χ1) is 8.91. The SMILES string of the molecule is CNC(CCC(C)(C)C)c1ccc(OC)c(OC)c1. The van der Waals surface area contributed by atoms with E-state index in [-0.39, 0.29) is 0 Å². The molecule has 0 aliphatic heterocycles. The van der Waals surface area contributed by atoms with Gasteiger partial charge in [-0.1, -0.05) is 26.8 Å². The molecule has 0 aliphatic carbocycles. The second kappa shape index (κ2) is 6.80. The molecule has 0 saturated heterocycles. The van der Waals surface area contributed by atoms with Crippen LogP contribution in [0.1, 0.15) is 45.2 Å². The Kier molecular flexibility index (Phi) is 5.67. The maximum atomic E-state index is 5.36. The molecule has 1 N–H and O–H groups in total. The Morgan fingerprint density at radius 3 is 2.21 bits per heavy atom. The van der Waals surface area contributed by atoms with E-state index in [0.717, 1.165) is 17.9 Å². The predicted octanol–water partition coefficient (Wildman–Crippen LogP) is 3.79. The first-order valence-electron chi connectivity index (χ1n) is 6.80. The lowest BCUT2D eigenvalue weighted by molar-refractivity contribution is 0.335. The molecule has 0 amide bonds. The van der Waals surface area contributed by atoms with Crippen LogP contribution >= 0.6 is 0 Å². The highest BCUT2D eigenvalue weighted by atomic mass is 16.5. The van der Waals surface area contributed by atoms with E-state index in [1.54, 1.807) is 14.2 Å². The summed E-state index contributed by atoms with van der Waals surface area (Å²) in [5.74, 6) is 1.56. The summed E-state index contributed by atoms with van der Waals surface area (Å²) < 4.78 is 10.6. The van der Waals surface area contributed by atoms with Crippen LogP contribution < -0.4 is 14.8 Å². The minimum atomic E-state index is 0.346. The third-order valence-corrected chi connectivity index (χ3v) is 3.34. The Morgan fingerprint density at radius 1 is 1.11 bits per heavy atom. The van der Waals surface area contributed by atoms with E-state index in [0.29, 0.717) is 11.5 Å². The van der Waals surface area contributed by atoms with Gasteiger partial charge in [-0.2, -0.15) is 0 Å². The Bertz CT molecular complexity index is 396. The van der Waals surface area contributed by atoms with Crippen LogP contribution in [-0.2, 0) is 0 Å². The average Bonchev–Trinajstić information content (AvgIpc) is 2.37. The lowest BCUT2D eigenvalue weighted by Crippen LogP contribution is -2.19. The van der Waals surface area contributed by atoms with E-state index < -0.39 is 0 Å². The van der Waals surface area contributed by atoms with Gasteiger partial charge in [-0.25, -0.2) is 0 Å². The highest BCUT2D eigenvalue weighted by molar-refractivity contribution is 5.43. The topological polar surface area (TPSA) is 30.5 Å². The van der Waals surface area contributed by atoms with Crippen molar-refractivity contribution >= 4 is 0 Å². The molecular formula is C16H27NO2. The van der Waals surface area contributed by atoms with E-state index in [9.17, 15) is 0 Å². The summed E-state index contributed by atoms with van der Waals surface area (Å²) in [6.45, 7) is 6.82. The largest absolute Gasteiger partial charge is 0.493 e. The van der Waals surface area contributed by atoms with Gasteiger partial charge in [0.25, 0.3) is 0 Å². The van der Waals surface area contributed by atoms with Gasteiger partial charge in [0.2, 0.25) is 0 Å². The summed E-state index contributed by atoms with van der Waals surface area (Å²) >= 11 is 0. The first kappa shape index (κ1) is 15.8. The smallest absolute Gasteiger partial charge is 0.161 e. The lowest BCUT2D eigenvalue weighted by Gasteiger charge is -2.23. The zero-order valence-corrected chi connectivity index (χ0v) is 13.0. The van der Waals surface area contributed by atoms with Gasteiger partial charge in [0.15, 0.2) is 11.5 Å². The second-order valence-electron chi connectivity index (χ2n) is 6.06. The fraction of sp³-hybridized carbons (Fsp3) is 0.625. The maximum Gasteiger partial charge on any atom is 0.161 e. The fourth-order valence-electron chi connectivity index (χ4n) is 2.12. The van der Waals surface area contributed by atoms with Gasteiger partial charge in [-0.15, -0.1) is 0 Å². The molecule has 3 nitrogen and oxygen atoms in total. The van der Waals surface area contributed by atoms with Crippen LogP contribution in [0.5, 0.6) is 11.5 Å². The van der Waals surface area contributed by atoms with Crippen molar-refractivity contribution < 1.29 is 9.47 Å². The number of rotatable bonds is 6. The number of ether oxygens (including phenoxy) is 2. The van der Waals surface area contributed by atoms with Crippen molar-refractivity contribution in [3.8, 4) is 11.5 Å². The first-order valence-corrected chi connectivity index (χ1v) is 6.80. The molecule has 1 unspecified atom stereocenters. The molecule has 1 rings (SSSR count). The van der Waals surface area contributed by atoms with E-state index >= 15 is 0 Å². The number of methoxy groups -OCH3 is 2. The van der Waals surface area contributed by atoms with E-state index in [4.69, 9.17) is 9.47 Å². The van der Waals surface area contributed by atoms with Crippen LogP contribution in [-0.4, -0.2) is 21.3 Å². The molecule has 0 radical (unpaired) electrons. The zero-order valence-electron chi connectivity index (χ0n) is 13.0. The Morgan fingerprint density at radius 2 is 1.74 bits per heavy atom. The summed E-state index contributed by atoms with van der Waals surface area (Å²) in [5.41, 5.74) is 1.59. The normalized spacial score (nSPS) is 13.2. The Hall–Kier alpha value is -1.22. The standard InChI is InChI=1S/C16H27NO2/c1-16(2,3)10-9-13(17-4)12-7-8-14(18-5)15(11-12)19-6/h7-8,11,13,17H,9-10H2,1-6H3. The fourth-order valence-corrected chi connectivity index (χ4v) is 2.12. The summed E-state index contributed by atoms with van der Waals surface area (Å²) in [6, 6.07) is 6.47. The highest BCUT2D eigenvalue weighted by Gasteiger charge is 2.17. The van der Waals surface area contributed by atoms with Gasteiger partial charge in [-0.05, 0) is 43.0 Å². The predicted molar refractivity (Wildman–Crippen MR) is 80.0 cm³/mol. The number of hydrogen-bond acceptors (Lipinski definition) is 3. The zero-order chi connectivity index (χ0) is 14.5. The van der Waals surface area contributed by atoms with Crippen molar-refractivity contribution in [1.29, 1.82) is 0 Å². The highest BCUT2D eigenvalue weighted by Crippen LogP contribution is 2.33. The number of hydrogen-bond donors (Lipinski definition) is 1. The molecule has 1 atom stereocenters. The van der Waals surface area contributed by atoms with Crippen molar-refractivity contribution in [2.75, 3.05) is 21.3 Å². The molecule has 0 fully saturated rings. The monoisotopic (exact) mass is 265 g/mol. The quantitative estimate of drug-likeness (QED) is 0.849. The number of nitrogens with one attached hydrogen (secondary N) is 1. The molecule has 0 bridgehead atoms. The van der Waals surface area contributed by atoms with Gasteiger partial charge in [0, 0.05) is 6.04 Å². The molecule has 1 aromatic carbocycles. The summed E-state index contributed by atoms with van der Waals surface area (Å²) in [7, 11) is 5.34. The van der Waals surface area contributed by atoms with Crippen LogP contribution in [0.25, 0.3) is 0 Å². The van der Waals surface area contributed by atoms with Gasteiger partial charge < -0.3 is 14.8 Å². The maximum absolute atomic E-state index is 5.36. The molecule has 0 saturated carbocycles. The summed E-state index contributed by atoms with van der Waals surface area (Å²) in [5, 5.41) is 3.38.